The van der Waals surface area contributed by atoms with Crippen LogP contribution >= 0.6 is 0 Å². The number of ether oxygens (including phenoxy) is 1. The van der Waals surface area contributed by atoms with Gasteiger partial charge in [-0.05, 0) is 36.1 Å². The van der Waals surface area contributed by atoms with Crippen LogP contribution in [0.15, 0.2) is 42.6 Å². The standard InChI is InChI=1S/C17H16BN5O2/c18-16-22-21-15-8-5-10(9-23(15)16)25-14-7-6-13(20-17(19)24)11-3-1-2-4-12(11)14/h1-5,8-9,13-14H,6-7H2,(H3,19,20,24). The molecule has 0 saturated heterocycles. The van der Waals surface area contributed by atoms with Crippen LogP contribution < -0.4 is 21.5 Å². The molecule has 0 spiro atoms. The van der Waals surface area contributed by atoms with E-state index in [1.165, 1.54) is 0 Å². The lowest BCUT2D eigenvalue weighted by Gasteiger charge is -2.32. The van der Waals surface area contributed by atoms with Crippen LogP contribution in [0.5, 0.6) is 5.75 Å². The zero-order valence-electron chi connectivity index (χ0n) is 13.4. The van der Waals surface area contributed by atoms with Gasteiger partial charge >= 0.3 is 6.03 Å². The predicted octanol–water partition coefficient (Wildman–Crippen LogP) is 1.15. The monoisotopic (exact) mass is 333 g/mol. The van der Waals surface area contributed by atoms with Crippen molar-refractivity contribution in [3.8, 4) is 5.75 Å². The van der Waals surface area contributed by atoms with Crippen LogP contribution in [0.3, 0.4) is 0 Å². The molecule has 7 nitrogen and oxygen atoms in total. The molecule has 2 unspecified atom stereocenters. The Morgan fingerprint density at radius 3 is 2.80 bits per heavy atom. The van der Waals surface area contributed by atoms with Crippen LogP contribution in [0, 0.1) is 0 Å². The topological polar surface area (TPSA) is 94.5 Å². The van der Waals surface area contributed by atoms with Crippen molar-refractivity contribution in [2.45, 2.75) is 25.0 Å². The Morgan fingerprint density at radius 2 is 2.00 bits per heavy atom. The normalized spacial score (nSPS) is 19.4. The molecule has 2 aromatic heterocycles. The SMILES string of the molecule is [B]c1nnc2ccc(OC3CCC(NC(N)=O)c4ccccc43)cn12. The maximum Gasteiger partial charge on any atom is 0.312 e. The van der Waals surface area contributed by atoms with Gasteiger partial charge in [0.2, 0.25) is 0 Å². The minimum atomic E-state index is -0.521. The molecule has 3 aromatic rings. The van der Waals surface area contributed by atoms with Crippen LogP contribution in [-0.2, 0) is 0 Å². The van der Waals surface area contributed by atoms with Gasteiger partial charge in [0.05, 0.1) is 18.0 Å². The number of nitrogens with zero attached hydrogens (tertiary/aromatic N) is 3. The molecule has 2 amide bonds. The van der Waals surface area contributed by atoms with E-state index in [0.717, 1.165) is 24.0 Å². The highest BCUT2D eigenvalue weighted by molar-refractivity contribution is 6.29. The van der Waals surface area contributed by atoms with E-state index in [1.54, 1.807) is 10.6 Å². The molecule has 1 aliphatic carbocycles. The van der Waals surface area contributed by atoms with Gasteiger partial charge in [0, 0.05) is 0 Å². The minimum absolute atomic E-state index is 0.0930. The molecule has 1 aromatic carbocycles. The summed E-state index contributed by atoms with van der Waals surface area (Å²) in [6.07, 6.45) is 3.18. The molecule has 2 radical (unpaired) electrons. The molecule has 0 bridgehead atoms. The van der Waals surface area contributed by atoms with Crippen LogP contribution in [0.1, 0.15) is 36.1 Å². The quantitative estimate of drug-likeness (QED) is 0.703. The van der Waals surface area contributed by atoms with Crippen molar-refractivity contribution in [3.05, 3.63) is 53.7 Å². The fourth-order valence-corrected chi connectivity index (χ4v) is 3.32. The number of aromatic nitrogens is 3. The largest absolute Gasteiger partial charge is 0.484 e. The zero-order chi connectivity index (χ0) is 17.4. The number of carbonyl (C=O) groups excluding carboxylic acids is 1. The molecule has 3 N–H and O–H groups in total. The summed E-state index contributed by atoms with van der Waals surface area (Å²) in [4.78, 5) is 11.2. The number of primary amides is 1. The Balaban J connectivity index is 1.63. The van der Waals surface area contributed by atoms with Crippen molar-refractivity contribution in [2.75, 3.05) is 0 Å². The summed E-state index contributed by atoms with van der Waals surface area (Å²) in [6, 6.07) is 11.0. The second-order valence-corrected chi connectivity index (χ2v) is 6.03. The fourth-order valence-electron chi connectivity index (χ4n) is 3.32. The molecule has 25 heavy (non-hydrogen) atoms. The highest BCUT2D eigenvalue weighted by Crippen LogP contribution is 2.38. The number of nitrogens with two attached hydrogens (primary N) is 1. The van der Waals surface area contributed by atoms with Gasteiger partial charge in [-0.2, -0.15) is 0 Å². The Morgan fingerprint density at radius 1 is 1.20 bits per heavy atom. The first kappa shape index (κ1) is 15.5. The number of hydrogen-bond donors (Lipinski definition) is 2. The summed E-state index contributed by atoms with van der Waals surface area (Å²) in [6.45, 7) is 0. The van der Waals surface area contributed by atoms with E-state index >= 15 is 0 Å². The number of hydrogen-bond acceptors (Lipinski definition) is 4. The average Bonchev–Trinajstić information content (AvgIpc) is 2.97. The molecule has 124 valence electrons. The lowest BCUT2D eigenvalue weighted by atomic mass is 9.85. The number of pyridine rings is 1. The first-order valence-corrected chi connectivity index (χ1v) is 8.03. The van der Waals surface area contributed by atoms with E-state index < -0.39 is 6.03 Å². The Labute approximate surface area is 145 Å². The average molecular weight is 333 g/mol. The summed E-state index contributed by atoms with van der Waals surface area (Å²) in [7, 11) is 5.80. The first-order valence-electron chi connectivity index (χ1n) is 8.03. The van der Waals surface area contributed by atoms with Crippen molar-refractivity contribution in [3.63, 3.8) is 0 Å². The molecule has 2 heterocycles. The van der Waals surface area contributed by atoms with E-state index in [0.29, 0.717) is 17.1 Å². The summed E-state index contributed by atoms with van der Waals surface area (Å²) in [5.74, 6) is 0.681. The molecule has 8 heteroatoms. The van der Waals surface area contributed by atoms with Gasteiger partial charge in [-0.25, -0.2) is 4.79 Å². The molecular weight excluding hydrogens is 317 g/mol. The molecular formula is C17H16BN5O2. The predicted molar refractivity (Wildman–Crippen MR) is 92.9 cm³/mol. The van der Waals surface area contributed by atoms with Gasteiger partial charge in [0.1, 0.15) is 11.9 Å². The third-order valence-electron chi connectivity index (χ3n) is 4.43. The molecule has 0 aliphatic heterocycles. The number of rotatable bonds is 3. The summed E-state index contributed by atoms with van der Waals surface area (Å²) in [5.41, 5.74) is 8.34. The molecule has 1 aliphatic rings. The van der Waals surface area contributed by atoms with Crippen LogP contribution in [0.4, 0.5) is 4.79 Å². The molecule has 2 atom stereocenters. The number of carbonyl (C=O) groups is 1. The number of urea groups is 1. The van der Waals surface area contributed by atoms with Crippen LogP contribution in [0.25, 0.3) is 5.65 Å². The number of benzene rings is 1. The van der Waals surface area contributed by atoms with Gasteiger partial charge in [0.25, 0.3) is 0 Å². The maximum atomic E-state index is 11.2. The summed E-state index contributed by atoms with van der Waals surface area (Å²) < 4.78 is 7.87. The zero-order valence-corrected chi connectivity index (χ0v) is 13.4. The van der Waals surface area contributed by atoms with Crippen molar-refractivity contribution in [1.29, 1.82) is 0 Å². The number of amides is 2. The highest BCUT2D eigenvalue weighted by Gasteiger charge is 2.28. The third kappa shape index (κ3) is 2.91. The van der Waals surface area contributed by atoms with Gasteiger partial charge in [-0.3, -0.25) is 4.40 Å². The van der Waals surface area contributed by atoms with E-state index in [-0.39, 0.29) is 12.1 Å². The van der Waals surface area contributed by atoms with E-state index in [2.05, 4.69) is 15.5 Å². The molecule has 0 fully saturated rings. The second kappa shape index (κ2) is 6.12. The van der Waals surface area contributed by atoms with E-state index in [4.69, 9.17) is 18.3 Å². The van der Waals surface area contributed by atoms with Gasteiger partial charge in [-0.15, -0.1) is 10.2 Å². The Hall–Kier alpha value is -3.03. The Bertz CT molecular complexity index is 942. The lowest BCUT2D eigenvalue weighted by Crippen LogP contribution is -2.36. The van der Waals surface area contributed by atoms with Gasteiger partial charge in [-0.1, -0.05) is 24.3 Å². The smallest absolute Gasteiger partial charge is 0.312 e. The maximum absolute atomic E-state index is 11.2. The van der Waals surface area contributed by atoms with E-state index in [9.17, 15) is 4.79 Å². The van der Waals surface area contributed by atoms with Crippen LogP contribution in [-0.4, -0.2) is 28.5 Å². The first-order chi connectivity index (χ1) is 12.1. The second-order valence-electron chi connectivity index (χ2n) is 6.03. The number of nitrogens with one attached hydrogen (secondary N) is 1. The van der Waals surface area contributed by atoms with Crippen molar-refractivity contribution < 1.29 is 9.53 Å². The van der Waals surface area contributed by atoms with Crippen molar-refractivity contribution in [2.24, 2.45) is 5.73 Å². The Kier molecular flexibility index (Phi) is 3.80. The van der Waals surface area contributed by atoms with E-state index in [1.807, 2.05) is 36.4 Å². The van der Waals surface area contributed by atoms with Crippen molar-refractivity contribution in [1.82, 2.24) is 19.9 Å². The summed E-state index contributed by atoms with van der Waals surface area (Å²) in [5, 5.41) is 10.6. The number of fused-ring (bicyclic) bond motifs is 2. The van der Waals surface area contributed by atoms with Gasteiger partial charge < -0.3 is 15.8 Å². The highest BCUT2D eigenvalue weighted by atomic mass is 16.5. The molecule has 4 rings (SSSR count). The fraction of sp³-hybridized carbons (Fsp3) is 0.235. The molecule has 0 saturated carbocycles. The lowest BCUT2D eigenvalue weighted by molar-refractivity contribution is 0.171. The van der Waals surface area contributed by atoms with Gasteiger partial charge in [0.15, 0.2) is 13.5 Å². The summed E-state index contributed by atoms with van der Waals surface area (Å²) >= 11 is 0. The third-order valence-corrected chi connectivity index (χ3v) is 4.43. The van der Waals surface area contributed by atoms with Crippen molar-refractivity contribution >= 4 is 25.2 Å². The van der Waals surface area contributed by atoms with Crippen LogP contribution in [0.2, 0.25) is 0 Å². The minimum Gasteiger partial charge on any atom is -0.484 e.